The minimum Gasteiger partial charge on any atom is -0.492 e. The first-order valence-electron chi connectivity index (χ1n) is 8.08. The van der Waals surface area contributed by atoms with Gasteiger partial charge in [0, 0.05) is 6.04 Å². The predicted molar refractivity (Wildman–Crippen MR) is 85.6 cm³/mol. The summed E-state index contributed by atoms with van der Waals surface area (Å²) in [5.74, 6) is 2.44. The summed E-state index contributed by atoms with van der Waals surface area (Å²) < 4.78 is 6.13. The molecule has 2 nitrogen and oxygen atoms in total. The van der Waals surface area contributed by atoms with Gasteiger partial charge < -0.3 is 10.1 Å². The summed E-state index contributed by atoms with van der Waals surface area (Å²) in [6.45, 7) is 10.7. The number of nitrogens with one attached hydrogen (secondary N) is 1. The third kappa shape index (κ3) is 4.24. The Bertz CT molecular complexity index is 423. The molecule has 1 aromatic rings. The number of hydrogen-bond donors (Lipinski definition) is 1. The SMILES string of the molecule is CCCNC(COc1cc(C(C)C)ccc1C)C1CC1. The van der Waals surface area contributed by atoms with E-state index in [9.17, 15) is 0 Å². The topological polar surface area (TPSA) is 21.3 Å². The van der Waals surface area contributed by atoms with Gasteiger partial charge in [-0.3, -0.25) is 0 Å². The third-order valence-corrected chi connectivity index (χ3v) is 4.14. The zero-order valence-electron chi connectivity index (χ0n) is 13.4. The second-order valence-electron chi connectivity index (χ2n) is 6.39. The smallest absolute Gasteiger partial charge is 0.122 e. The summed E-state index contributed by atoms with van der Waals surface area (Å²) in [6.07, 6.45) is 3.90. The molecule has 1 saturated carbocycles. The van der Waals surface area contributed by atoms with Crippen LogP contribution in [0.2, 0.25) is 0 Å². The molecule has 0 aliphatic heterocycles. The number of aryl methyl sites for hydroxylation is 1. The van der Waals surface area contributed by atoms with Crippen LogP contribution in [0.15, 0.2) is 18.2 Å². The van der Waals surface area contributed by atoms with Gasteiger partial charge in [0.25, 0.3) is 0 Å². The van der Waals surface area contributed by atoms with E-state index in [0.717, 1.165) is 24.8 Å². The van der Waals surface area contributed by atoms with Crippen LogP contribution in [0.25, 0.3) is 0 Å². The van der Waals surface area contributed by atoms with Gasteiger partial charge in [0.15, 0.2) is 0 Å². The van der Waals surface area contributed by atoms with Gasteiger partial charge in [-0.1, -0.05) is 32.9 Å². The molecule has 1 fully saturated rings. The van der Waals surface area contributed by atoms with Crippen LogP contribution in [0.4, 0.5) is 0 Å². The van der Waals surface area contributed by atoms with Gasteiger partial charge >= 0.3 is 0 Å². The van der Waals surface area contributed by atoms with Crippen molar-refractivity contribution in [2.75, 3.05) is 13.2 Å². The van der Waals surface area contributed by atoms with Gasteiger partial charge in [0.05, 0.1) is 0 Å². The van der Waals surface area contributed by atoms with E-state index in [-0.39, 0.29) is 0 Å². The Morgan fingerprint density at radius 2 is 2.05 bits per heavy atom. The normalized spacial score (nSPS) is 16.4. The van der Waals surface area contributed by atoms with Crippen molar-refractivity contribution in [2.45, 2.75) is 58.9 Å². The van der Waals surface area contributed by atoms with Gasteiger partial charge in [-0.05, 0) is 61.8 Å². The van der Waals surface area contributed by atoms with Crippen molar-refractivity contribution in [3.05, 3.63) is 29.3 Å². The molecule has 20 heavy (non-hydrogen) atoms. The lowest BCUT2D eigenvalue weighted by molar-refractivity contribution is 0.248. The molecule has 0 amide bonds. The van der Waals surface area contributed by atoms with E-state index in [2.05, 4.69) is 51.2 Å². The lowest BCUT2D eigenvalue weighted by Gasteiger charge is -2.20. The molecule has 1 N–H and O–H groups in total. The number of hydrogen-bond acceptors (Lipinski definition) is 2. The van der Waals surface area contributed by atoms with Crippen LogP contribution in [0.1, 0.15) is 57.1 Å². The lowest BCUT2D eigenvalue weighted by atomic mass is 10.0. The van der Waals surface area contributed by atoms with E-state index < -0.39 is 0 Å². The summed E-state index contributed by atoms with van der Waals surface area (Å²) in [6, 6.07) is 7.12. The Morgan fingerprint density at radius 3 is 2.65 bits per heavy atom. The van der Waals surface area contributed by atoms with Crippen molar-refractivity contribution in [1.29, 1.82) is 0 Å². The van der Waals surface area contributed by atoms with Crippen LogP contribution in [-0.4, -0.2) is 19.2 Å². The van der Waals surface area contributed by atoms with E-state index in [1.807, 2.05) is 0 Å². The minimum absolute atomic E-state index is 0.525. The highest BCUT2D eigenvalue weighted by Gasteiger charge is 2.31. The summed E-state index contributed by atoms with van der Waals surface area (Å²) in [4.78, 5) is 0. The van der Waals surface area contributed by atoms with E-state index in [1.165, 1.54) is 30.4 Å². The molecule has 1 aliphatic rings. The summed E-state index contributed by atoms with van der Waals surface area (Å²) in [5, 5.41) is 3.63. The second-order valence-corrected chi connectivity index (χ2v) is 6.39. The largest absolute Gasteiger partial charge is 0.492 e. The molecule has 112 valence electrons. The predicted octanol–water partition coefficient (Wildman–Crippen LogP) is 4.28. The minimum atomic E-state index is 0.525. The van der Waals surface area contributed by atoms with Crippen LogP contribution in [-0.2, 0) is 0 Å². The third-order valence-electron chi connectivity index (χ3n) is 4.14. The molecule has 0 heterocycles. The van der Waals surface area contributed by atoms with E-state index in [0.29, 0.717) is 12.0 Å². The van der Waals surface area contributed by atoms with Crippen molar-refractivity contribution >= 4 is 0 Å². The molecule has 0 bridgehead atoms. The number of benzene rings is 1. The van der Waals surface area contributed by atoms with Gasteiger partial charge in [-0.2, -0.15) is 0 Å². The molecule has 0 saturated heterocycles. The van der Waals surface area contributed by atoms with Crippen LogP contribution >= 0.6 is 0 Å². The molecule has 1 atom stereocenters. The van der Waals surface area contributed by atoms with Crippen LogP contribution < -0.4 is 10.1 Å². The summed E-state index contributed by atoms with van der Waals surface area (Å²) in [7, 11) is 0. The standard InChI is InChI=1S/C18H29NO/c1-5-10-19-17(15-8-9-15)12-20-18-11-16(13(2)3)7-6-14(18)4/h6-7,11,13,15,17,19H,5,8-10,12H2,1-4H3. The van der Waals surface area contributed by atoms with E-state index in [1.54, 1.807) is 0 Å². The fourth-order valence-electron chi connectivity index (χ4n) is 2.50. The zero-order chi connectivity index (χ0) is 14.5. The highest BCUT2D eigenvalue weighted by atomic mass is 16.5. The van der Waals surface area contributed by atoms with Gasteiger partial charge in [-0.25, -0.2) is 0 Å². The molecular weight excluding hydrogens is 246 g/mol. The van der Waals surface area contributed by atoms with Crippen LogP contribution in [0.3, 0.4) is 0 Å². The summed E-state index contributed by atoms with van der Waals surface area (Å²) in [5.41, 5.74) is 2.59. The second kappa shape index (κ2) is 7.12. The quantitative estimate of drug-likeness (QED) is 0.765. The molecule has 0 aromatic heterocycles. The molecule has 0 radical (unpaired) electrons. The van der Waals surface area contributed by atoms with Crippen LogP contribution in [0.5, 0.6) is 5.75 Å². The first-order chi connectivity index (χ1) is 9.61. The molecule has 0 spiro atoms. The van der Waals surface area contributed by atoms with Crippen molar-refractivity contribution < 1.29 is 4.74 Å². The Balaban J connectivity index is 1.96. The van der Waals surface area contributed by atoms with Gasteiger partial charge in [-0.15, -0.1) is 0 Å². The van der Waals surface area contributed by atoms with E-state index >= 15 is 0 Å². The number of rotatable bonds is 8. The van der Waals surface area contributed by atoms with Crippen molar-refractivity contribution in [2.24, 2.45) is 5.92 Å². The fraction of sp³-hybridized carbons (Fsp3) is 0.667. The monoisotopic (exact) mass is 275 g/mol. The zero-order valence-corrected chi connectivity index (χ0v) is 13.4. The van der Waals surface area contributed by atoms with E-state index in [4.69, 9.17) is 4.74 Å². The molecule has 2 heteroatoms. The van der Waals surface area contributed by atoms with Crippen LogP contribution in [0, 0.1) is 12.8 Å². The highest BCUT2D eigenvalue weighted by molar-refractivity contribution is 5.37. The Labute approximate surface area is 123 Å². The number of ether oxygens (including phenoxy) is 1. The van der Waals surface area contributed by atoms with Crippen molar-refractivity contribution in [1.82, 2.24) is 5.32 Å². The average Bonchev–Trinajstić information content (AvgIpc) is 3.25. The Hall–Kier alpha value is -1.02. The van der Waals surface area contributed by atoms with Gasteiger partial charge in [0.2, 0.25) is 0 Å². The summed E-state index contributed by atoms with van der Waals surface area (Å²) >= 11 is 0. The Kier molecular flexibility index (Phi) is 5.47. The van der Waals surface area contributed by atoms with Crippen molar-refractivity contribution in [3.8, 4) is 5.75 Å². The molecule has 1 aromatic carbocycles. The molecular formula is C18H29NO. The average molecular weight is 275 g/mol. The lowest BCUT2D eigenvalue weighted by Crippen LogP contribution is -2.37. The Morgan fingerprint density at radius 1 is 1.30 bits per heavy atom. The molecule has 2 rings (SSSR count). The highest BCUT2D eigenvalue weighted by Crippen LogP contribution is 2.33. The molecule has 1 aliphatic carbocycles. The first kappa shape index (κ1) is 15.4. The van der Waals surface area contributed by atoms with Crippen molar-refractivity contribution in [3.63, 3.8) is 0 Å². The maximum Gasteiger partial charge on any atom is 0.122 e. The molecule has 1 unspecified atom stereocenters. The maximum atomic E-state index is 6.13. The maximum absolute atomic E-state index is 6.13. The first-order valence-corrected chi connectivity index (χ1v) is 8.08. The fourth-order valence-corrected chi connectivity index (χ4v) is 2.50. The van der Waals surface area contributed by atoms with Gasteiger partial charge in [0.1, 0.15) is 12.4 Å².